The van der Waals surface area contributed by atoms with Crippen molar-refractivity contribution < 1.29 is 14.3 Å². The summed E-state index contributed by atoms with van der Waals surface area (Å²) >= 11 is 0. The number of ether oxygens (including phenoxy) is 1. The van der Waals surface area contributed by atoms with E-state index in [0.29, 0.717) is 19.6 Å². The second-order valence-corrected chi connectivity index (χ2v) is 6.82. The molecule has 0 saturated carbocycles. The minimum Gasteiger partial charge on any atom is -0.445 e. The molecule has 1 aliphatic rings. The van der Waals surface area contributed by atoms with Gasteiger partial charge in [-0.2, -0.15) is 0 Å². The predicted molar refractivity (Wildman–Crippen MR) is 96.8 cm³/mol. The molecule has 0 radical (unpaired) electrons. The lowest BCUT2D eigenvalue weighted by Gasteiger charge is -2.28. The third kappa shape index (κ3) is 4.95. The van der Waals surface area contributed by atoms with Crippen molar-refractivity contribution in [3.05, 3.63) is 35.9 Å². The third-order valence-electron chi connectivity index (χ3n) is 4.70. The molecule has 1 unspecified atom stereocenters. The number of nitrogens with two attached hydrogens (primary N) is 1. The molecular formula is C19H29N3O3. The Bertz CT molecular complexity index is 577. The van der Waals surface area contributed by atoms with Crippen LogP contribution in [0, 0.1) is 5.92 Å². The first-order valence-corrected chi connectivity index (χ1v) is 8.95. The Labute approximate surface area is 149 Å². The Morgan fingerprint density at radius 2 is 2.00 bits per heavy atom. The quantitative estimate of drug-likeness (QED) is 0.856. The van der Waals surface area contributed by atoms with Gasteiger partial charge in [0.25, 0.3) is 0 Å². The Balaban J connectivity index is 1.90. The van der Waals surface area contributed by atoms with Gasteiger partial charge in [-0.15, -0.1) is 0 Å². The molecule has 0 aromatic heterocycles. The van der Waals surface area contributed by atoms with E-state index in [1.54, 1.807) is 9.80 Å². The number of carbonyl (C=O) groups is 2. The van der Waals surface area contributed by atoms with Crippen molar-refractivity contribution in [2.75, 3.05) is 19.6 Å². The first-order chi connectivity index (χ1) is 11.9. The van der Waals surface area contributed by atoms with E-state index in [2.05, 4.69) is 0 Å². The minimum atomic E-state index is -0.487. The Hall–Kier alpha value is -2.08. The van der Waals surface area contributed by atoms with E-state index >= 15 is 0 Å². The summed E-state index contributed by atoms with van der Waals surface area (Å²) in [4.78, 5) is 28.3. The van der Waals surface area contributed by atoms with Gasteiger partial charge in [0.1, 0.15) is 6.61 Å². The number of hydrogen-bond acceptors (Lipinski definition) is 4. The van der Waals surface area contributed by atoms with E-state index in [4.69, 9.17) is 10.5 Å². The van der Waals surface area contributed by atoms with Crippen LogP contribution in [0.1, 0.15) is 32.8 Å². The van der Waals surface area contributed by atoms with Crippen LogP contribution in [0.25, 0.3) is 0 Å². The standard InChI is InChI=1S/C19H29N3O3/c1-4-22(19(24)25-13-15-8-6-5-7-9-15)16-10-11-21(12-16)18(23)17(20)14(2)3/h5-9,14,16-17H,4,10-13,20H2,1-3H3/t16?,17-/m0/s1. The molecule has 1 aliphatic heterocycles. The lowest BCUT2D eigenvalue weighted by molar-refractivity contribution is -0.132. The number of carbonyl (C=O) groups excluding carboxylic acids is 2. The van der Waals surface area contributed by atoms with Gasteiger partial charge in [-0.05, 0) is 24.8 Å². The van der Waals surface area contributed by atoms with Crippen LogP contribution in [-0.4, -0.2) is 53.5 Å². The van der Waals surface area contributed by atoms with Gasteiger partial charge < -0.3 is 20.3 Å². The highest BCUT2D eigenvalue weighted by atomic mass is 16.6. The molecule has 1 heterocycles. The maximum atomic E-state index is 12.4. The van der Waals surface area contributed by atoms with E-state index in [0.717, 1.165) is 12.0 Å². The van der Waals surface area contributed by atoms with Crippen LogP contribution in [0.2, 0.25) is 0 Å². The summed E-state index contributed by atoms with van der Waals surface area (Å²) in [7, 11) is 0. The van der Waals surface area contributed by atoms with E-state index < -0.39 is 6.04 Å². The molecule has 138 valence electrons. The molecule has 1 aromatic rings. The van der Waals surface area contributed by atoms with Crippen LogP contribution in [-0.2, 0) is 16.1 Å². The van der Waals surface area contributed by atoms with Crippen molar-refractivity contribution in [1.29, 1.82) is 0 Å². The zero-order valence-electron chi connectivity index (χ0n) is 15.4. The van der Waals surface area contributed by atoms with Crippen LogP contribution < -0.4 is 5.73 Å². The Kier molecular flexibility index (Phi) is 6.82. The molecule has 0 spiro atoms. The third-order valence-corrected chi connectivity index (χ3v) is 4.70. The largest absolute Gasteiger partial charge is 0.445 e. The summed E-state index contributed by atoms with van der Waals surface area (Å²) < 4.78 is 5.43. The van der Waals surface area contributed by atoms with Crippen molar-refractivity contribution in [3.8, 4) is 0 Å². The average molecular weight is 347 g/mol. The Morgan fingerprint density at radius 3 is 2.60 bits per heavy atom. The fourth-order valence-corrected chi connectivity index (χ4v) is 3.03. The zero-order valence-corrected chi connectivity index (χ0v) is 15.4. The summed E-state index contributed by atoms with van der Waals surface area (Å²) in [6.45, 7) is 7.76. The molecule has 1 fully saturated rings. The SMILES string of the molecule is CCN(C(=O)OCc1ccccc1)C1CCN(C(=O)[C@@H](N)C(C)C)C1. The lowest BCUT2D eigenvalue weighted by Crippen LogP contribution is -2.47. The summed E-state index contributed by atoms with van der Waals surface area (Å²) in [6.07, 6.45) is 0.420. The van der Waals surface area contributed by atoms with Gasteiger partial charge >= 0.3 is 6.09 Å². The summed E-state index contributed by atoms with van der Waals surface area (Å²) in [5, 5.41) is 0. The fourth-order valence-electron chi connectivity index (χ4n) is 3.03. The van der Waals surface area contributed by atoms with Crippen molar-refractivity contribution >= 4 is 12.0 Å². The molecule has 1 aromatic carbocycles. The van der Waals surface area contributed by atoms with Gasteiger partial charge in [0.15, 0.2) is 0 Å². The van der Waals surface area contributed by atoms with Crippen LogP contribution in [0.15, 0.2) is 30.3 Å². The first-order valence-electron chi connectivity index (χ1n) is 8.95. The van der Waals surface area contributed by atoms with Crippen molar-refractivity contribution in [2.45, 2.75) is 45.9 Å². The average Bonchev–Trinajstić information content (AvgIpc) is 3.09. The number of likely N-dealkylation sites (tertiary alicyclic amines) is 1. The van der Waals surface area contributed by atoms with Crippen LogP contribution >= 0.6 is 0 Å². The van der Waals surface area contributed by atoms with Gasteiger partial charge in [0.2, 0.25) is 5.91 Å². The monoisotopic (exact) mass is 347 g/mol. The van der Waals surface area contributed by atoms with Crippen molar-refractivity contribution in [2.24, 2.45) is 11.7 Å². The minimum absolute atomic E-state index is 0.0171. The highest BCUT2D eigenvalue weighted by Crippen LogP contribution is 2.19. The number of benzene rings is 1. The topological polar surface area (TPSA) is 75.9 Å². The molecule has 1 saturated heterocycles. The molecule has 6 nitrogen and oxygen atoms in total. The highest BCUT2D eigenvalue weighted by molar-refractivity contribution is 5.82. The van der Waals surface area contributed by atoms with Crippen LogP contribution in [0.4, 0.5) is 4.79 Å². The van der Waals surface area contributed by atoms with Crippen LogP contribution in [0.3, 0.4) is 0 Å². The molecule has 25 heavy (non-hydrogen) atoms. The van der Waals surface area contributed by atoms with Crippen molar-refractivity contribution in [3.63, 3.8) is 0 Å². The van der Waals surface area contributed by atoms with E-state index in [-0.39, 0.29) is 30.6 Å². The smallest absolute Gasteiger partial charge is 0.410 e. The van der Waals surface area contributed by atoms with E-state index in [9.17, 15) is 9.59 Å². The number of hydrogen-bond donors (Lipinski definition) is 1. The maximum absolute atomic E-state index is 12.4. The zero-order chi connectivity index (χ0) is 18.4. The van der Waals surface area contributed by atoms with Crippen molar-refractivity contribution in [1.82, 2.24) is 9.80 Å². The van der Waals surface area contributed by atoms with Gasteiger partial charge in [-0.1, -0.05) is 44.2 Å². The summed E-state index contributed by atoms with van der Waals surface area (Å²) in [6, 6.07) is 9.10. The fraction of sp³-hybridized carbons (Fsp3) is 0.579. The predicted octanol–water partition coefficient (Wildman–Crippen LogP) is 2.23. The second-order valence-electron chi connectivity index (χ2n) is 6.82. The number of likely N-dealkylation sites (N-methyl/N-ethyl adjacent to an activating group) is 1. The first kappa shape index (κ1) is 19.2. The molecule has 2 atom stereocenters. The number of amides is 2. The molecule has 2 N–H and O–H groups in total. The second kappa shape index (κ2) is 8.85. The lowest BCUT2D eigenvalue weighted by atomic mass is 10.0. The molecule has 0 bridgehead atoms. The van der Waals surface area contributed by atoms with E-state index in [1.807, 2.05) is 51.1 Å². The molecule has 2 amide bonds. The molecule has 0 aliphatic carbocycles. The summed E-state index contributed by atoms with van der Waals surface area (Å²) in [5.74, 6) is 0.0656. The van der Waals surface area contributed by atoms with Gasteiger partial charge in [-0.25, -0.2) is 4.79 Å². The number of nitrogens with zero attached hydrogens (tertiary/aromatic N) is 2. The molecule has 2 rings (SSSR count). The molecular weight excluding hydrogens is 318 g/mol. The van der Waals surface area contributed by atoms with Gasteiger partial charge in [0.05, 0.1) is 12.1 Å². The van der Waals surface area contributed by atoms with Gasteiger partial charge in [-0.3, -0.25) is 4.79 Å². The molecule has 6 heteroatoms. The van der Waals surface area contributed by atoms with E-state index in [1.165, 1.54) is 0 Å². The van der Waals surface area contributed by atoms with Crippen LogP contribution in [0.5, 0.6) is 0 Å². The summed E-state index contributed by atoms with van der Waals surface area (Å²) in [5.41, 5.74) is 6.93. The number of rotatable bonds is 6. The maximum Gasteiger partial charge on any atom is 0.410 e. The van der Waals surface area contributed by atoms with Gasteiger partial charge in [0, 0.05) is 19.6 Å². The normalized spacial score (nSPS) is 18.3. The highest BCUT2D eigenvalue weighted by Gasteiger charge is 2.35. The Morgan fingerprint density at radius 1 is 1.32 bits per heavy atom.